The van der Waals surface area contributed by atoms with E-state index in [9.17, 15) is 4.79 Å². The van der Waals surface area contributed by atoms with Crippen LogP contribution in [0.2, 0.25) is 0 Å². The van der Waals surface area contributed by atoms with Gasteiger partial charge in [-0.25, -0.2) is 4.98 Å². The minimum Gasteiger partial charge on any atom is -0.494 e. The Morgan fingerprint density at radius 2 is 2.33 bits per heavy atom. The molecule has 1 aromatic carbocycles. The lowest BCUT2D eigenvalue weighted by Gasteiger charge is -2.00. The number of carbonyl (C=O) groups is 1. The first-order valence-corrected chi connectivity index (χ1v) is 7.95. The fourth-order valence-electron chi connectivity index (χ4n) is 1.88. The van der Waals surface area contributed by atoms with Crippen molar-refractivity contribution in [2.75, 3.05) is 11.9 Å². The smallest absolute Gasteiger partial charge is 0.273 e. The van der Waals surface area contributed by atoms with E-state index in [4.69, 9.17) is 4.74 Å². The SMILES string of the molecule is CCOc1ccc2nc(NC(=O)c3cc(Br)c[nH]3)sc2c1. The predicted octanol–water partition coefficient (Wildman–Crippen LogP) is 4.04. The Kier molecular flexibility index (Phi) is 3.94. The van der Waals surface area contributed by atoms with Gasteiger partial charge in [-0.1, -0.05) is 11.3 Å². The van der Waals surface area contributed by atoms with Crippen LogP contribution in [0.4, 0.5) is 5.13 Å². The topological polar surface area (TPSA) is 67.0 Å². The van der Waals surface area contributed by atoms with Gasteiger partial charge >= 0.3 is 0 Å². The summed E-state index contributed by atoms with van der Waals surface area (Å²) in [6.07, 6.45) is 1.71. The van der Waals surface area contributed by atoms with E-state index >= 15 is 0 Å². The molecular formula is C14H12BrN3O2S. The van der Waals surface area contributed by atoms with E-state index in [2.05, 4.69) is 31.2 Å². The second-order valence-electron chi connectivity index (χ2n) is 4.27. The van der Waals surface area contributed by atoms with Gasteiger partial charge in [0.25, 0.3) is 5.91 Å². The quantitative estimate of drug-likeness (QED) is 0.732. The normalized spacial score (nSPS) is 10.8. The molecule has 1 amide bonds. The number of benzene rings is 1. The molecule has 0 atom stereocenters. The number of ether oxygens (including phenoxy) is 1. The standard InChI is InChI=1S/C14H12BrN3O2S/c1-2-20-9-3-4-10-12(6-9)21-14(17-10)18-13(19)11-5-8(15)7-16-11/h3-7,16H,2H2,1H3,(H,17,18,19). The van der Waals surface area contributed by atoms with Gasteiger partial charge in [-0.2, -0.15) is 0 Å². The number of fused-ring (bicyclic) bond motifs is 1. The van der Waals surface area contributed by atoms with Crippen molar-refractivity contribution < 1.29 is 9.53 Å². The third-order valence-electron chi connectivity index (χ3n) is 2.78. The lowest BCUT2D eigenvalue weighted by molar-refractivity contribution is 0.102. The fourth-order valence-corrected chi connectivity index (χ4v) is 3.11. The maximum atomic E-state index is 12.1. The molecule has 0 bridgehead atoms. The van der Waals surface area contributed by atoms with Crippen LogP contribution in [-0.2, 0) is 0 Å². The minimum absolute atomic E-state index is 0.218. The van der Waals surface area contributed by atoms with Crippen LogP contribution in [-0.4, -0.2) is 22.5 Å². The number of nitrogens with one attached hydrogen (secondary N) is 2. The third-order valence-corrected chi connectivity index (χ3v) is 4.18. The largest absolute Gasteiger partial charge is 0.494 e. The number of carbonyl (C=O) groups excluding carboxylic acids is 1. The summed E-state index contributed by atoms with van der Waals surface area (Å²) < 4.78 is 7.27. The lowest BCUT2D eigenvalue weighted by atomic mass is 10.3. The first-order chi connectivity index (χ1) is 10.2. The second kappa shape index (κ2) is 5.87. The average Bonchev–Trinajstić information content (AvgIpc) is 3.04. The minimum atomic E-state index is -0.218. The summed E-state index contributed by atoms with van der Waals surface area (Å²) >= 11 is 4.72. The van der Waals surface area contributed by atoms with Crippen LogP contribution in [0.15, 0.2) is 34.9 Å². The van der Waals surface area contributed by atoms with Gasteiger partial charge in [0.1, 0.15) is 11.4 Å². The van der Waals surface area contributed by atoms with Crippen LogP contribution in [0.1, 0.15) is 17.4 Å². The molecule has 0 aliphatic rings. The number of hydrogen-bond acceptors (Lipinski definition) is 4. The van der Waals surface area contributed by atoms with Crippen molar-refractivity contribution in [3.05, 3.63) is 40.6 Å². The Morgan fingerprint density at radius 1 is 1.48 bits per heavy atom. The Morgan fingerprint density at radius 3 is 3.05 bits per heavy atom. The molecule has 108 valence electrons. The number of hydrogen-bond donors (Lipinski definition) is 2. The lowest BCUT2D eigenvalue weighted by Crippen LogP contribution is -2.11. The van der Waals surface area contributed by atoms with Crippen molar-refractivity contribution in [2.24, 2.45) is 0 Å². The molecule has 3 aromatic rings. The maximum absolute atomic E-state index is 12.1. The number of nitrogens with zero attached hydrogens (tertiary/aromatic N) is 1. The van der Waals surface area contributed by atoms with E-state index in [1.165, 1.54) is 11.3 Å². The zero-order valence-corrected chi connectivity index (χ0v) is 13.5. The monoisotopic (exact) mass is 365 g/mol. The van der Waals surface area contributed by atoms with E-state index in [1.54, 1.807) is 12.3 Å². The van der Waals surface area contributed by atoms with Crippen molar-refractivity contribution in [3.8, 4) is 5.75 Å². The van der Waals surface area contributed by atoms with Crippen molar-refractivity contribution in [2.45, 2.75) is 6.92 Å². The summed E-state index contributed by atoms with van der Waals surface area (Å²) in [6.45, 7) is 2.56. The number of anilines is 1. The first-order valence-electron chi connectivity index (χ1n) is 6.34. The molecule has 0 aliphatic heterocycles. The van der Waals surface area contributed by atoms with Crippen molar-refractivity contribution in [1.29, 1.82) is 0 Å². The number of rotatable bonds is 4. The number of amides is 1. The van der Waals surface area contributed by atoms with Crippen LogP contribution in [0, 0.1) is 0 Å². The second-order valence-corrected chi connectivity index (χ2v) is 6.21. The first kappa shape index (κ1) is 14.1. The highest BCUT2D eigenvalue weighted by molar-refractivity contribution is 9.10. The average molecular weight is 366 g/mol. The van der Waals surface area contributed by atoms with Gasteiger partial charge in [-0.15, -0.1) is 0 Å². The van der Waals surface area contributed by atoms with Gasteiger partial charge in [0, 0.05) is 10.7 Å². The molecule has 3 rings (SSSR count). The number of halogens is 1. The number of aromatic nitrogens is 2. The zero-order valence-electron chi connectivity index (χ0n) is 11.1. The van der Waals surface area contributed by atoms with Gasteiger partial charge in [-0.3, -0.25) is 10.1 Å². The number of aromatic amines is 1. The van der Waals surface area contributed by atoms with Crippen molar-refractivity contribution >= 4 is 48.5 Å². The molecule has 2 N–H and O–H groups in total. The maximum Gasteiger partial charge on any atom is 0.273 e. The number of thiazole rings is 1. The highest BCUT2D eigenvalue weighted by Gasteiger charge is 2.11. The van der Waals surface area contributed by atoms with E-state index in [-0.39, 0.29) is 5.91 Å². The molecule has 0 aliphatic carbocycles. The summed E-state index contributed by atoms with van der Waals surface area (Å²) in [5, 5.41) is 3.35. The Balaban J connectivity index is 1.82. The summed E-state index contributed by atoms with van der Waals surface area (Å²) in [7, 11) is 0. The van der Waals surface area contributed by atoms with Crippen LogP contribution >= 0.6 is 27.3 Å². The zero-order chi connectivity index (χ0) is 14.8. The van der Waals surface area contributed by atoms with Gasteiger partial charge < -0.3 is 9.72 Å². The summed E-state index contributed by atoms with van der Waals surface area (Å²) in [5.74, 6) is 0.588. The van der Waals surface area contributed by atoms with Gasteiger partial charge in [-0.05, 0) is 47.1 Å². The number of H-pyrrole nitrogens is 1. The van der Waals surface area contributed by atoms with E-state index in [0.29, 0.717) is 17.4 Å². The fraction of sp³-hybridized carbons (Fsp3) is 0.143. The molecular weight excluding hydrogens is 354 g/mol. The van der Waals surface area contributed by atoms with Crippen molar-refractivity contribution in [1.82, 2.24) is 9.97 Å². The summed E-state index contributed by atoms with van der Waals surface area (Å²) in [4.78, 5) is 19.3. The van der Waals surface area contributed by atoms with Crippen LogP contribution in [0.25, 0.3) is 10.2 Å². The Bertz CT molecular complexity index is 796. The Hall–Kier alpha value is -1.86. The molecule has 0 radical (unpaired) electrons. The van der Waals surface area contributed by atoms with E-state index in [1.807, 2.05) is 25.1 Å². The molecule has 0 spiro atoms. The molecule has 21 heavy (non-hydrogen) atoms. The van der Waals surface area contributed by atoms with Crippen LogP contribution in [0.5, 0.6) is 5.75 Å². The van der Waals surface area contributed by atoms with Gasteiger partial charge in [0.05, 0.1) is 16.8 Å². The molecule has 0 unspecified atom stereocenters. The summed E-state index contributed by atoms with van der Waals surface area (Å²) in [5.41, 5.74) is 1.32. The highest BCUT2D eigenvalue weighted by atomic mass is 79.9. The molecule has 7 heteroatoms. The molecule has 2 heterocycles. The van der Waals surface area contributed by atoms with Crippen molar-refractivity contribution in [3.63, 3.8) is 0 Å². The predicted molar refractivity (Wildman–Crippen MR) is 87.2 cm³/mol. The van der Waals surface area contributed by atoms with Crippen LogP contribution < -0.4 is 10.1 Å². The molecule has 0 saturated carbocycles. The van der Waals surface area contributed by atoms with Gasteiger partial charge in [0.15, 0.2) is 5.13 Å². The van der Waals surface area contributed by atoms with Gasteiger partial charge in [0.2, 0.25) is 0 Å². The molecule has 5 nitrogen and oxygen atoms in total. The highest BCUT2D eigenvalue weighted by Crippen LogP contribution is 2.29. The Labute approximate surface area is 133 Å². The van der Waals surface area contributed by atoms with E-state index < -0.39 is 0 Å². The van der Waals surface area contributed by atoms with E-state index in [0.717, 1.165) is 20.4 Å². The van der Waals surface area contributed by atoms with Crippen LogP contribution in [0.3, 0.4) is 0 Å². The molecule has 2 aromatic heterocycles. The molecule has 0 fully saturated rings. The third kappa shape index (κ3) is 3.08. The summed E-state index contributed by atoms with van der Waals surface area (Å²) in [6, 6.07) is 7.41. The molecule has 0 saturated heterocycles.